The minimum absolute atomic E-state index is 0.0575. The maximum atomic E-state index is 16.2. The number of ether oxygens (including phenoxy) is 3. The smallest absolute Gasteiger partial charge is 0.329 e. The second-order valence-corrected chi connectivity index (χ2v) is 17.6. The molecule has 3 heterocycles. The number of fused-ring (bicyclic) bond motifs is 4. The van der Waals surface area contributed by atoms with Crippen molar-refractivity contribution < 1.29 is 33.0 Å². The normalized spacial score (nSPS) is 28.5. The molecule has 5 fully saturated rings. The van der Waals surface area contributed by atoms with Crippen molar-refractivity contribution in [1.29, 1.82) is 0 Å². The van der Waals surface area contributed by atoms with Gasteiger partial charge < -0.3 is 34.2 Å². The molecule has 7 aliphatic rings. The molecule has 10 nitrogen and oxygen atoms in total. The van der Waals surface area contributed by atoms with E-state index in [4.69, 9.17) is 14.2 Å². The van der Waals surface area contributed by atoms with Crippen LogP contribution in [0.5, 0.6) is 5.75 Å². The van der Waals surface area contributed by atoms with E-state index in [0.29, 0.717) is 48.0 Å². The van der Waals surface area contributed by atoms with E-state index in [1.165, 1.54) is 6.08 Å². The number of methoxy groups -OCH3 is 1. The van der Waals surface area contributed by atoms with Crippen molar-refractivity contribution in [3.63, 3.8) is 0 Å². The van der Waals surface area contributed by atoms with E-state index in [-0.39, 0.29) is 30.6 Å². The van der Waals surface area contributed by atoms with Gasteiger partial charge in [0, 0.05) is 50.3 Å². The van der Waals surface area contributed by atoms with E-state index >= 15 is 4.39 Å². The monoisotopic (exact) mass is 814 g/mol. The molecule has 0 spiro atoms. The number of rotatable bonds is 11. The molecule has 3 aliphatic heterocycles. The van der Waals surface area contributed by atoms with Crippen LogP contribution >= 0.6 is 0 Å². The van der Waals surface area contributed by atoms with Crippen LogP contribution in [0.25, 0.3) is 10.8 Å². The lowest BCUT2D eigenvalue weighted by Gasteiger charge is -2.49. The van der Waals surface area contributed by atoms with E-state index in [1.54, 1.807) is 13.3 Å². The van der Waals surface area contributed by atoms with E-state index in [2.05, 4.69) is 22.9 Å². The molecule has 3 aromatic carbocycles. The summed E-state index contributed by atoms with van der Waals surface area (Å²) in [7, 11) is 3.68. The van der Waals surface area contributed by atoms with Crippen LogP contribution in [0.2, 0.25) is 0 Å². The van der Waals surface area contributed by atoms with Crippen molar-refractivity contribution >= 4 is 28.4 Å². The Labute approximate surface area is 351 Å². The van der Waals surface area contributed by atoms with Crippen molar-refractivity contribution in [2.75, 3.05) is 46.9 Å². The van der Waals surface area contributed by atoms with E-state index < -0.39 is 47.6 Å². The van der Waals surface area contributed by atoms with Gasteiger partial charge in [0.2, 0.25) is 0 Å². The molecule has 11 heteroatoms. The van der Waals surface area contributed by atoms with E-state index in [0.717, 1.165) is 60.7 Å². The third-order valence-electron chi connectivity index (χ3n) is 14.1. The number of morpholine rings is 1. The molecule has 2 saturated heterocycles. The van der Waals surface area contributed by atoms with Crippen LogP contribution < -0.4 is 10.1 Å². The number of piperazine rings is 1. The highest BCUT2D eigenvalue weighted by Crippen LogP contribution is 2.54. The highest BCUT2D eigenvalue weighted by atomic mass is 19.1. The zero-order valence-corrected chi connectivity index (χ0v) is 34.7. The van der Waals surface area contributed by atoms with Crippen molar-refractivity contribution in [1.82, 2.24) is 20.0 Å². The Balaban J connectivity index is 1.04. The summed E-state index contributed by atoms with van der Waals surface area (Å²) in [4.78, 5) is 50.0. The maximum Gasteiger partial charge on any atom is 0.329 e. The lowest BCUT2D eigenvalue weighted by Crippen LogP contribution is -2.58. The fourth-order valence-electron chi connectivity index (χ4n) is 10.8. The van der Waals surface area contributed by atoms with Gasteiger partial charge in [-0.05, 0) is 92.0 Å². The predicted octanol–water partition coefficient (Wildman–Crippen LogP) is 6.90. The van der Waals surface area contributed by atoms with Crippen molar-refractivity contribution in [3.05, 3.63) is 126 Å². The summed E-state index contributed by atoms with van der Waals surface area (Å²) < 4.78 is 34.8. The van der Waals surface area contributed by atoms with Gasteiger partial charge in [-0.2, -0.15) is 0 Å². The molecule has 0 radical (unpaired) electrons. The summed E-state index contributed by atoms with van der Waals surface area (Å²) in [6.07, 6.45) is 8.65. The average molecular weight is 815 g/mol. The molecule has 2 bridgehead atoms. The van der Waals surface area contributed by atoms with Crippen molar-refractivity contribution in [2.45, 2.75) is 63.3 Å². The topological polar surface area (TPSA) is 101 Å². The van der Waals surface area contributed by atoms with Crippen LogP contribution in [0.1, 0.15) is 49.8 Å². The van der Waals surface area contributed by atoms with Gasteiger partial charge in [0.1, 0.15) is 47.8 Å². The highest BCUT2D eigenvalue weighted by molar-refractivity contribution is 6.21. The Bertz CT molecular complexity index is 2270. The summed E-state index contributed by atoms with van der Waals surface area (Å²) in [5.74, 6) is -0.870. The first-order chi connectivity index (χ1) is 29.1. The first-order valence-corrected chi connectivity index (χ1v) is 21.6. The number of likely N-dealkylation sites (N-methyl/N-ethyl adjacent to an activating group) is 1. The quantitative estimate of drug-likeness (QED) is 0.126. The lowest BCUT2D eigenvalue weighted by molar-refractivity contribution is -0.160. The number of amides is 1. The molecule has 1 N–H and O–H groups in total. The second-order valence-electron chi connectivity index (χ2n) is 17.6. The molecule has 314 valence electrons. The highest BCUT2D eigenvalue weighted by Gasteiger charge is 2.51. The Morgan fingerprint density at radius 3 is 2.53 bits per heavy atom. The van der Waals surface area contributed by atoms with Crippen LogP contribution in [0, 0.1) is 29.6 Å². The van der Waals surface area contributed by atoms with Crippen LogP contribution in [0.4, 0.5) is 4.39 Å². The number of Topliss-reactive ketones (excluding diaryl/α,β-unsaturated/α-hetero) is 1. The summed E-state index contributed by atoms with van der Waals surface area (Å²) >= 11 is 0. The molecule has 1 amide bonds. The molecule has 10 rings (SSSR count). The number of nitrogens with one attached hydrogen (secondary N) is 1. The van der Waals surface area contributed by atoms with E-state index in [9.17, 15) is 14.4 Å². The standard InChI is InChI=1S/C49H55FN4O6/c1-5-31-23-34-15-14-33(31)24-38(34)46(36-13-9-12-32-16-17-35(58-4)25-37(32)36)60-49(57)42(22-30-10-7-6-8-11-30)51-48(56)40-27-54-29(2)28-59-47-43(54)39(45(40)55)26-41(50)44(47)53-20-18-52(3)19-21-53/h5-13,16-17,25-27,29,31,33-34,38-39,42-43,46H,1,14-15,18-24,28H2,2-4H3,(H,51,56)/t29-,31?,33?,34?,38?,39?,42-,43?,46+/m0/s1. The minimum Gasteiger partial charge on any atom is -0.497 e. The van der Waals surface area contributed by atoms with Gasteiger partial charge in [-0.25, -0.2) is 9.18 Å². The Morgan fingerprint density at radius 1 is 1.02 bits per heavy atom. The summed E-state index contributed by atoms with van der Waals surface area (Å²) in [5.41, 5.74) is 2.00. The molecular weight excluding hydrogens is 760 g/mol. The van der Waals surface area contributed by atoms with Crippen molar-refractivity contribution in [3.8, 4) is 5.75 Å². The number of ketones is 1. The number of hydrogen-bond donors (Lipinski definition) is 1. The first kappa shape index (κ1) is 40.0. The fraction of sp³-hybridized carbons (Fsp3) is 0.449. The van der Waals surface area contributed by atoms with Gasteiger partial charge >= 0.3 is 5.97 Å². The lowest BCUT2D eigenvalue weighted by atomic mass is 9.58. The zero-order valence-electron chi connectivity index (χ0n) is 34.7. The SMILES string of the molecule is C=CC1CC2CCC1CC2[C@H](OC(=O)[C@H](Cc1ccccc1)NC(=O)C1=CN2C3C(=C(N4CCN(C)CC4)C(F)=CC3C1=O)OC[C@@H]2C)c1cccc2ccc(OC)cc12. The largest absolute Gasteiger partial charge is 0.497 e. The molecule has 4 aliphatic carbocycles. The van der Waals surface area contributed by atoms with Crippen LogP contribution in [-0.4, -0.2) is 97.4 Å². The number of esters is 1. The van der Waals surface area contributed by atoms with Crippen molar-refractivity contribution in [2.24, 2.45) is 29.6 Å². The summed E-state index contributed by atoms with van der Waals surface area (Å²) in [5, 5.41) is 4.91. The maximum absolute atomic E-state index is 16.2. The van der Waals surface area contributed by atoms with Gasteiger partial charge in [0.15, 0.2) is 5.78 Å². The van der Waals surface area contributed by atoms with E-state index in [1.807, 2.05) is 90.5 Å². The number of hydrogen-bond acceptors (Lipinski definition) is 9. The van der Waals surface area contributed by atoms with Gasteiger partial charge in [0.25, 0.3) is 5.91 Å². The zero-order chi connectivity index (χ0) is 41.7. The summed E-state index contributed by atoms with van der Waals surface area (Å²) in [6, 6.07) is 19.6. The summed E-state index contributed by atoms with van der Waals surface area (Å²) in [6.45, 7) is 9.21. The second kappa shape index (κ2) is 16.6. The Kier molecular flexibility index (Phi) is 11.0. The van der Waals surface area contributed by atoms with Gasteiger partial charge in [-0.15, -0.1) is 6.58 Å². The third-order valence-corrected chi connectivity index (χ3v) is 14.1. The number of benzene rings is 3. The average Bonchev–Trinajstić information content (AvgIpc) is 3.27. The van der Waals surface area contributed by atoms with Gasteiger partial charge in [0.05, 0.1) is 24.6 Å². The van der Waals surface area contributed by atoms with Gasteiger partial charge in [-0.3, -0.25) is 9.59 Å². The molecule has 60 heavy (non-hydrogen) atoms. The van der Waals surface area contributed by atoms with Crippen LogP contribution in [0.15, 0.2) is 115 Å². The number of halogens is 1. The number of carbonyl (C=O) groups excluding carboxylic acids is 3. The molecular formula is C49H55FN4O6. The molecule has 3 saturated carbocycles. The third kappa shape index (κ3) is 7.39. The first-order valence-electron chi connectivity index (χ1n) is 21.6. The number of allylic oxidation sites excluding steroid dienone is 2. The van der Waals surface area contributed by atoms with Crippen LogP contribution in [-0.2, 0) is 30.3 Å². The minimum atomic E-state index is -1.12. The number of nitrogens with zero attached hydrogens (tertiary/aromatic N) is 3. The molecule has 3 aromatic rings. The van der Waals surface area contributed by atoms with Gasteiger partial charge in [-0.1, -0.05) is 60.7 Å². The molecule has 6 unspecified atom stereocenters. The molecule has 9 atom stereocenters. The molecule has 0 aromatic heterocycles. The number of carbonyl (C=O) groups is 3. The Hall–Kier alpha value is -5.42. The predicted molar refractivity (Wildman–Crippen MR) is 227 cm³/mol. The fourth-order valence-corrected chi connectivity index (χ4v) is 10.8. The Morgan fingerprint density at radius 2 is 1.80 bits per heavy atom. The van der Waals surface area contributed by atoms with Crippen LogP contribution in [0.3, 0.4) is 0 Å².